The summed E-state index contributed by atoms with van der Waals surface area (Å²) in [6.07, 6.45) is -0.444. The molecule has 1 aliphatic rings. The molecule has 3 rings (SSSR count). The predicted octanol–water partition coefficient (Wildman–Crippen LogP) is 0.960. The molecule has 222 valence electrons. The molecule has 11 nitrogen and oxygen atoms in total. The number of hydrogen-bond acceptors (Lipinski definition) is 8. The minimum atomic E-state index is -3.98. The molecule has 0 radical (unpaired) electrons. The Hall–Kier alpha value is -2.55. The van der Waals surface area contributed by atoms with Crippen LogP contribution in [0.25, 0.3) is 0 Å². The maximum atomic E-state index is 13.5. The van der Waals surface area contributed by atoms with Crippen LogP contribution in [0.5, 0.6) is 0 Å². The summed E-state index contributed by atoms with van der Waals surface area (Å²) >= 11 is 0. The second-order valence-electron chi connectivity index (χ2n) is 10.5. The van der Waals surface area contributed by atoms with Gasteiger partial charge in [0.05, 0.1) is 35.9 Å². The second-order valence-corrected chi connectivity index (χ2v) is 14.3. The van der Waals surface area contributed by atoms with Crippen LogP contribution in [0.15, 0.2) is 59.5 Å². The third-order valence-corrected chi connectivity index (χ3v) is 9.86. The fourth-order valence-electron chi connectivity index (χ4n) is 4.47. The number of aliphatic hydroxyl groups is 1. The van der Waals surface area contributed by atoms with Gasteiger partial charge in [0, 0.05) is 25.4 Å². The number of carbonyl (C=O) groups excluding carboxylic acids is 1. The number of amides is 1. The van der Waals surface area contributed by atoms with Crippen LogP contribution in [0, 0.1) is 11.8 Å². The van der Waals surface area contributed by atoms with Crippen molar-refractivity contribution in [3.05, 3.63) is 60.2 Å². The molecular formula is C27H40N4O7S2. The average Bonchev–Trinajstić information content (AvgIpc) is 3.39. The molecule has 40 heavy (non-hydrogen) atoms. The number of anilines is 1. The van der Waals surface area contributed by atoms with Crippen LogP contribution < -0.4 is 15.8 Å². The molecule has 1 saturated heterocycles. The van der Waals surface area contributed by atoms with E-state index in [1.54, 1.807) is 0 Å². The molecule has 0 aromatic heterocycles. The molecule has 1 amide bonds. The number of hydrogen-bond donors (Lipinski definition) is 4. The highest BCUT2D eigenvalue weighted by Gasteiger charge is 2.31. The summed E-state index contributed by atoms with van der Waals surface area (Å²) in [5.41, 5.74) is 6.96. The molecular weight excluding hydrogens is 556 g/mol. The van der Waals surface area contributed by atoms with Gasteiger partial charge in [-0.15, -0.1) is 0 Å². The topological polar surface area (TPSA) is 168 Å². The van der Waals surface area contributed by atoms with Crippen molar-refractivity contribution in [2.45, 2.75) is 43.7 Å². The van der Waals surface area contributed by atoms with E-state index in [9.17, 15) is 26.7 Å². The predicted molar refractivity (Wildman–Crippen MR) is 153 cm³/mol. The Bertz CT molecular complexity index is 1300. The molecule has 0 unspecified atom stereocenters. The summed E-state index contributed by atoms with van der Waals surface area (Å²) in [6.45, 7) is 3.96. The van der Waals surface area contributed by atoms with E-state index in [-0.39, 0.29) is 42.0 Å². The molecule has 0 spiro atoms. The SMILES string of the molecule is CC(C)CN(C[C@@H](O)[C@H](Cc1ccccc1)NC(=O)CNS(=O)(=O)C[C@H]1CCOC1)S(=O)(=O)c1ccc(N)cc1. The van der Waals surface area contributed by atoms with E-state index < -0.39 is 44.6 Å². The van der Waals surface area contributed by atoms with Crippen molar-refractivity contribution >= 4 is 31.6 Å². The van der Waals surface area contributed by atoms with E-state index in [4.69, 9.17) is 10.5 Å². The minimum absolute atomic E-state index is 0.0419. The van der Waals surface area contributed by atoms with Crippen LogP contribution in [0.1, 0.15) is 25.8 Å². The maximum Gasteiger partial charge on any atom is 0.243 e. The van der Waals surface area contributed by atoms with Gasteiger partial charge in [-0.25, -0.2) is 21.6 Å². The van der Waals surface area contributed by atoms with E-state index >= 15 is 0 Å². The van der Waals surface area contributed by atoms with Crippen molar-refractivity contribution in [2.24, 2.45) is 11.8 Å². The van der Waals surface area contributed by atoms with Crippen molar-refractivity contribution in [3.63, 3.8) is 0 Å². The molecule has 2 aromatic rings. The van der Waals surface area contributed by atoms with Crippen molar-refractivity contribution in [3.8, 4) is 0 Å². The van der Waals surface area contributed by atoms with Gasteiger partial charge in [-0.1, -0.05) is 44.2 Å². The Morgan fingerprint density at radius 3 is 2.35 bits per heavy atom. The first-order chi connectivity index (χ1) is 18.9. The lowest BCUT2D eigenvalue weighted by Crippen LogP contribution is -2.52. The molecule has 5 N–H and O–H groups in total. The highest BCUT2D eigenvalue weighted by molar-refractivity contribution is 7.89. The van der Waals surface area contributed by atoms with Crippen molar-refractivity contribution in [2.75, 3.05) is 44.3 Å². The van der Waals surface area contributed by atoms with E-state index in [0.29, 0.717) is 25.3 Å². The Labute approximate surface area is 237 Å². The van der Waals surface area contributed by atoms with Crippen LogP contribution in [-0.4, -0.2) is 82.9 Å². The molecule has 13 heteroatoms. The Kier molecular flexibility index (Phi) is 11.5. The zero-order valence-corrected chi connectivity index (χ0v) is 24.5. The summed E-state index contributed by atoms with van der Waals surface area (Å²) < 4.78 is 60.6. The standard InChI is InChI=1S/C27H40N4O7S2/c1-20(2)16-31(40(36,37)24-10-8-23(28)9-11-24)17-26(32)25(14-21-6-4-3-5-7-21)30-27(33)15-29-39(34,35)19-22-12-13-38-18-22/h3-11,20,22,25-26,29,32H,12-19,28H2,1-2H3,(H,30,33)/t22-,25-,26+/m0/s1. The summed E-state index contributed by atoms with van der Waals surface area (Å²) in [5, 5.41) is 14.0. The maximum absolute atomic E-state index is 13.5. The van der Waals surface area contributed by atoms with Gasteiger partial charge in [0.15, 0.2) is 0 Å². The largest absolute Gasteiger partial charge is 0.399 e. The number of aliphatic hydroxyl groups excluding tert-OH is 1. The van der Waals surface area contributed by atoms with E-state index in [0.717, 1.165) is 5.56 Å². The van der Waals surface area contributed by atoms with Gasteiger partial charge >= 0.3 is 0 Å². The van der Waals surface area contributed by atoms with Crippen LogP contribution in [0.3, 0.4) is 0 Å². The first-order valence-electron chi connectivity index (χ1n) is 13.3. The van der Waals surface area contributed by atoms with Crippen molar-refractivity contribution < 1.29 is 31.5 Å². The van der Waals surface area contributed by atoms with Gasteiger partial charge in [0.2, 0.25) is 26.0 Å². The number of benzene rings is 2. The number of rotatable bonds is 15. The number of ether oxygens (including phenoxy) is 1. The smallest absolute Gasteiger partial charge is 0.243 e. The van der Waals surface area contributed by atoms with Gasteiger partial charge in [-0.2, -0.15) is 4.31 Å². The van der Waals surface area contributed by atoms with Gasteiger partial charge < -0.3 is 20.9 Å². The third-order valence-electron chi connectivity index (χ3n) is 6.52. The number of nitrogen functional groups attached to an aromatic ring is 1. The first-order valence-corrected chi connectivity index (χ1v) is 16.4. The van der Waals surface area contributed by atoms with E-state index in [2.05, 4.69) is 10.0 Å². The third kappa shape index (κ3) is 9.82. The lowest BCUT2D eigenvalue weighted by atomic mass is 10.0. The summed E-state index contributed by atoms with van der Waals surface area (Å²) in [6, 6.07) is 14.1. The quantitative estimate of drug-likeness (QED) is 0.221. The molecule has 0 bridgehead atoms. The lowest BCUT2D eigenvalue weighted by molar-refractivity contribution is -0.121. The zero-order chi connectivity index (χ0) is 29.3. The van der Waals surface area contributed by atoms with Gasteiger partial charge in [-0.3, -0.25) is 4.79 Å². The highest BCUT2D eigenvalue weighted by atomic mass is 32.2. The zero-order valence-electron chi connectivity index (χ0n) is 22.9. The van der Waals surface area contributed by atoms with Crippen LogP contribution in [0.4, 0.5) is 5.69 Å². The summed E-state index contributed by atoms with van der Waals surface area (Å²) in [7, 11) is -7.69. The first kappa shape index (κ1) is 32.0. The number of carbonyl (C=O) groups is 1. The van der Waals surface area contributed by atoms with Gasteiger partial charge in [0.1, 0.15) is 0 Å². The fourth-order valence-corrected chi connectivity index (χ4v) is 7.45. The lowest BCUT2D eigenvalue weighted by Gasteiger charge is -2.31. The molecule has 1 heterocycles. The van der Waals surface area contributed by atoms with E-state index in [1.807, 2.05) is 44.2 Å². The minimum Gasteiger partial charge on any atom is -0.399 e. The van der Waals surface area contributed by atoms with Gasteiger partial charge in [0.25, 0.3) is 0 Å². The molecule has 1 aliphatic heterocycles. The Morgan fingerprint density at radius 1 is 1.07 bits per heavy atom. The molecule has 2 aromatic carbocycles. The Morgan fingerprint density at radius 2 is 1.75 bits per heavy atom. The van der Waals surface area contributed by atoms with Gasteiger partial charge in [-0.05, 0) is 54.5 Å². The molecule has 1 fully saturated rings. The van der Waals surface area contributed by atoms with Crippen molar-refractivity contribution in [1.29, 1.82) is 0 Å². The second kappa shape index (κ2) is 14.4. The Balaban J connectivity index is 1.75. The van der Waals surface area contributed by atoms with Crippen molar-refractivity contribution in [1.82, 2.24) is 14.3 Å². The van der Waals surface area contributed by atoms with Crippen LogP contribution >= 0.6 is 0 Å². The average molecular weight is 597 g/mol. The van der Waals surface area contributed by atoms with Crippen LogP contribution in [0.2, 0.25) is 0 Å². The van der Waals surface area contributed by atoms with E-state index in [1.165, 1.54) is 28.6 Å². The normalized spacial score (nSPS) is 17.7. The fraction of sp³-hybridized carbons (Fsp3) is 0.519. The molecule has 0 aliphatic carbocycles. The number of nitrogens with zero attached hydrogens (tertiary/aromatic N) is 1. The molecule has 3 atom stereocenters. The monoisotopic (exact) mass is 596 g/mol. The number of sulfonamides is 2. The highest BCUT2D eigenvalue weighted by Crippen LogP contribution is 2.20. The van der Waals surface area contributed by atoms with Crippen LogP contribution in [-0.2, 0) is 36.0 Å². The number of nitrogens with two attached hydrogens (primary N) is 1. The number of nitrogens with one attached hydrogen (secondary N) is 2. The summed E-state index contributed by atoms with van der Waals surface area (Å²) in [5.74, 6) is -0.937. The molecule has 0 saturated carbocycles. The summed E-state index contributed by atoms with van der Waals surface area (Å²) in [4.78, 5) is 12.9.